The second-order valence-electron chi connectivity index (χ2n) is 4.55. The molecule has 1 fully saturated rings. The van der Waals surface area contributed by atoms with Crippen LogP contribution in [0.4, 0.5) is 0 Å². The van der Waals surface area contributed by atoms with E-state index in [0.29, 0.717) is 6.42 Å². The zero-order chi connectivity index (χ0) is 13.3. The van der Waals surface area contributed by atoms with Crippen LogP contribution in [0.2, 0.25) is 0 Å². The first-order valence-electron chi connectivity index (χ1n) is 5.96. The van der Waals surface area contributed by atoms with Crippen LogP contribution in [-0.4, -0.2) is 25.7 Å². The molecule has 0 aromatic heterocycles. The first-order valence-corrected chi connectivity index (χ1v) is 7.51. The summed E-state index contributed by atoms with van der Waals surface area (Å²) in [6.45, 7) is 3.76. The van der Waals surface area contributed by atoms with Crippen molar-refractivity contribution in [3.8, 4) is 0 Å². The van der Waals surface area contributed by atoms with Crippen molar-refractivity contribution in [2.75, 3.05) is 0 Å². The number of carbonyl (C=O) groups is 1. The third-order valence-electron chi connectivity index (χ3n) is 3.20. The van der Waals surface area contributed by atoms with Gasteiger partial charge in [0.15, 0.2) is 15.1 Å². The molecule has 1 saturated heterocycles. The number of carbonyl (C=O) groups excluding carboxylic acids is 1. The van der Waals surface area contributed by atoms with E-state index in [9.17, 15) is 13.2 Å². The summed E-state index contributed by atoms with van der Waals surface area (Å²) in [6.07, 6.45) is 0.625. The van der Waals surface area contributed by atoms with Crippen LogP contribution in [0, 0.1) is 6.92 Å². The van der Waals surface area contributed by atoms with E-state index < -0.39 is 21.1 Å². The highest BCUT2D eigenvalue weighted by Crippen LogP contribution is 2.28. The Bertz CT molecular complexity index is 545. The molecule has 0 amide bonds. The fourth-order valence-corrected chi connectivity index (χ4v) is 3.64. The summed E-state index contributed by atoms with van der Waals surface area (Å²) in [7, 11) is -3.62. The maximum absolute atomic E-state index is 12.3. The Hall–Kier alpha value is -1.36. The van der Waals surface area contributed by atoms with E-state index in [4.69, 9.17) is 4.74 Å². The molecule has 0 radical (unpaired) electrons. The van der Waals surface area contributed by atoms with Gasteiger partial charge in [-0.2, -0.15) is 0 Å². The third-order valence-corrected chi connectivity index (χ3v) is 5.27. The lowest BCUT2D eigenvalue weighted by Crippen LogP contribution is -2.26. The maximum Gasteiger partial charge on any atom is 0.325 e. The van der Waals surface area contributed by atoms with Gasteiger partial charge in [-0.25, -0.2) is 8.42 Å². The molecule has 5 heteroatoms. The van der Waals surface area contributed by atoms with E-state index in [1.165, 1.54) is 12.1 Å². The number of benzene rings is 1. The van der Waals surface area contributed by atoms with Gasteiger partial charge in [0.2, 0.25) is 0 Å². The predicted octanol–water partition coefficient (Wildman–Crippen LogP) is 1.86. The van der Waals surface area contributed by atoms with E-state index in [0.717, 1.165) is 5.56 Å². The van der Waals surface area contributed by atoms with Crippen LogP contribution >= 0.6 is 0 Å². The average Bonchev–Trinajstić information content (AvgIpc) is 2.72. The van der Waals surface area contributed by atoms with E-state index in [-0.39, 0.29) is 17.4 Å². The molecule has 0 bridgehead atoms. The summed E-state index contributed by atoms with van der Waals surface area (Å²) in [5.74, 6) is -0.623. The number of ether oxygens (including phenoxy) is 1. The van der Waals surface area contributed by atoms with Crippen molar-refractivity contribution in [3.05, 3.63) is 29.8 Å². The number of sulfone groups is 1. The number of hydrogen-bond donors (Lipinski definition) is 0. The third kappa shape index (κ3) is 2.27. The van der Waals surface area contributed by atoms with E-state index in [1.54, 1.807) is 12.1 Å². The van der Waals surface area contributed by atoms with Gasteiger partial charge in [0.25, 0.3) is 0 Å². The summed E-state index contributed by atoms with van der Waals surface area (Å²) in [4.78, 5) is 11.8. The summed E-state index contributed by atoms with van der Waals surface area (Å²) in [6, 6.07) is 6.53. The van der Waals surface area contributed by atoms with Crippen molar-refractivity contribution in [2.24, 2.45) is 0 Å². The number of cyclic esters (lactones) is 1. The Morgan fingerprint density at radius 2 is 1.89 bits per heavy atom. The van der Waals surface area contributed by atoms with Crippen molar-refractivity contribution >= 4 is 15.8 Å². The van der Waals surface area contributed by atoms with E-state index in [1.807, 2.05) is 13.8 Å². The molecule has 1 aromatic carbocycles. The molecular formula is C13H16O4S. The molecule has 1 heterocycles. The first kappa shape index (κ1) is 13.1. The minimum absolute atomic E-state index is 0.187. The molecular weight excluding hydrogens is 252 g/mol. The van der Waals surface area contributed by atoms with Crippen molar-refractivity contribution < 1.29 is 17.9 Å². The summed E-state index contributed by atoms with van der Waals surface area (Å²) in [5, 5.41) is -1.05. The lowest BCUT2D eigenvalue weighted by Gasteiger charge is -2.08. The van der Waals surface area contributed by atoms with Gasteiger partial charge in [-0.05, 0) is 25.5 Å². The van der Waals surface area contributed by atoms with Crippen LogP contribution in [-0.2, 0) is 19.4 Å². The van der Waals surface area contributed by atoms with Gasteiger partial charge >= 0.3 is 5.97 Å². The van der Waals surface area contributed by atoms with Crippen LogP contribution in [0.3, 0.4) is 0 Å². The molecule has 1 aliphatic heterocycles. The lowest BCUT2D eigenvalue weighted by molar-refractivity contribution is -0.141. The van der Waals surface area contributed by atoms with Gasteiger partial charge in [0.05, 0.1) is 4.90 Å². The second-order valence-corrected chi connectivity index (χ2v) is 6.68. The van der Waals surface area contributed by atoms with Crippen LogP contribution < -0.4 is 0 Å². The molecule has 1 aromatic rings. The Kier molecular flexibility index (Phi) is 3.43. The van der Waals surface area contributed by atoms with Gasteiger partial charge < -0.3 is 4.74 Å². The fourth-order valence-electron chi connectivity index (χ4n) is 2.02. The zero-order valence-corrected chi connectivity index (χ0v) is 11.2. The van der Waals surface area contributed by atoms with E-state index >= 15 is 0 Å². The lowest BCUT2D eigenvalue weighted by atomic mass is 10.2. The van der Waals surface area contributed by atoms with Crippen molar-refractivity contribution in [3.63, 3.8) is 0 Å². The quantitative estimate of drug-likeness (QED) is 0.785. The molecule has 0 spiro atoms. The van der Waals surface area contributed by atoms with Crippen molar-refractivity contribution in [2.45, 2.75) is 42.9 Å². The van der Waals surface area contributed by atoms with Crippen molar-refractivity contribution in [1.29, 1.82) is 0 Å². The van der Waals surface area contributed by atoms with Gasteiger partial charge in [0, 0.05) is 6.42 Å². The Morgan fingerprint density at radius 3 is 2.39 bits per heavy atom. The molecule has 0 saturated carbocycles. The summed E-state index contributed by atoms with van der Waals surface area (Å²) >= 11 is 0. The van der Waals surface area contributed by atoms with Gasteiger partial charge in [0.1, 0.15) is 6.10 Å². The Labute approximate surface area is 107 Å². The van der Waals surface area contributed by atoms with Crippen LogP contribution in [0.1, 0.15) is 25.3 Å². The maximum atomic E-state index is 12.3. The number of hydrogen-bond acceptors (Lipinski definition) is 4. The number of aryl methyl sites for hydroxylation is 1. The highest BCUT2D eigenvalue weighted by atomic mass is 32.2. The predicted molar refractivity (Wildman–Crippen MR) is 66.9 cm³/mol. The highest BCUT2D eigenvalue weighted by molar-refractivity contribution is 7.92. The minimum atomic E-state index is -3.62. The second kappa shape index (κ2) is 4.72. The normalized spacial score (nSPS) is 24.0. The topological polar surface area (TPSA) is 60.4 Å². The largest absolute Gasteiger partial charge is 0.461 e. The molecule has 0 N–H and O–H groups in total. The van der Waals surface area contributed by atoms with Crippen molar-refractivity contribution in [1.82, 2.24) is 0 Å². The Balaban J connectivity index is 2.32. The molecule has 1 aliphatic rings. The van der Waals surface area contributed by atoms with Gasteiger partial charge in [-0.3, -0.25) is 4.79 Å². The van der Waals surface area contributed by atoms with Gasteiger partial charge in [-0.15, -0.1) is 0 Å². The molecule has 98 valence electrons. The monoisotopic (exact) mass is 268 g/mol. The smallest absolute Gasteiger partial charge is 0.325 e. The molecule has 0 aliphatic carbocycles. The summed E-state index contributed by atoms with van der Waals surface area (Å²) in [5.41, 5.74) is 0.981. The van der Waals surface area contributed by atoms with E-state index in [2.05, 4.69) is 0 Å². The van der Waals surface area contributed by atoms with Crippen LogP contribution in [0.5, 0.6) is 0 Å². The Morgan fingerprint density at radius 1 is 1.28 bits per heavy atom. The molecule has 4 nitrogen and oxygen atoms in total. The number of esters is 1. The van der Waals surface area contributed by atoms with Crippen LogP contribution in [0.15, 0.2) is 29.2 Å². The standard InChI is InChI=1S/C13H16O4S/c1-3-10-8-12(13(14)17-10)18(15,16)11-6-4-9(2)5-7-11/h4-7,10,12H,3,8H2,1-2H3/t10-,12?/m1/s1. The zero-order valence-electron chi connectivity index (χ0n) is 10.4. The molecule has 18 heavy (non-hydrogen) atoms. The average molecular weight is 268 g/mol. The molecule has 1 unspecified atom stereocenters. The van der Waals surface area contributed by atoms with Crippen LogP contribution in [0.25, 0.3) is 0 Å². The first-order chi connectivity index (χ1) is 8.45. The SMILES string of the molecule is CC[C@@H]1CC(S(=O)(=O)c2ccc(C)cc2)C(=O)O1. The highest BCUT2D eigenvalue weighted by Gasteiger charge is 2.43. The van der Waals surface area contributed by atoms with Gasteiger partial charge in [-0.1, -0.05) is 24.6 Å². The molecule has 2 rings (SSSR count). The minimum Gasteiger partial charge on any atom is -0.461 e. The fraction of sp³-hybridized carbons (Fsp3) is 0.462. The number of rotatable bonds is 3. The summed E-state index contributed by atoms with van der Waals surface area (Å²) < 4.78 is 29.7. The molecule has 2 atom stereocenters.